The molecule has 1 aliphatic rings. The van der Waals surface area contributed by atoms with Gasteiger partial charge in [-0.3, -0.25) is 4.79 Å². The van der Waals surface area contributed by atoms with Gasteiger partial charge < -0.3 is 9.47 Å². The molecule has 2 aromatic carbocycles. The van der Waals surface area contributed by atoms with Crippen LogP contribution in [0.1, 0.15) is 43.0 Å². The molecule has 5 nitrogen and oxygen atoms in total. The molecule has 0 fully saturated rings. The molecule has 1 amide bonds. The highest BCUT2D eigenvalue weighted by Gasteiger charge is 2.33. The van der Waals surface area contributed by atoms with Crippen LogP contribution < -0.4 is 9.47 Å². The summed E-state index contributed by atoms with van der Waals surface area (Å²) in [6.45, 7) is 3.63. The number of benzene rings is 2. The first-order chi connectivity index (χ1) is 12.6. The molecule has 0 saturated heterocycles. The van der Waals surface area contributed by atoms with Crippen LogP contribution in [0, 0.1) is 0 Å². The monoisotopic (exact) mass is 352 g/mol. The molecule has 0 saturated carbocycles. The molecule has 1 heterocycles. The lowest BCUT2D eigenvalue weighted by Crippen LogP contribution is -2.24. The number of hydrogen-bond donors (Lipinski definition) is 0. The van der Waals surface area contributed by atoms with Crippen molar-refractivity contribution < 1.29 is 14.3 Å². The van der Waals surface area contributed by atoms with E-state index in [1.807, 2.05) is 36.4 Å². The number of ether oxygens (including phenoxy) is 2. The van der Waals surface area contributed by atoms with Crippen LogP contribution in [0.3, 0.4) is 0 Å². The first-order valence-corrected chi connectivity index (χ1v) is 8.76. The van der Waals surface area contributed by atoms with Crippen LogP contribution >= 0.6 is 0 Å². The van der Waals surface area contributed by atoms with E-state index < -0.39 is 0 Å². The molecular weight excluding hydrogens is 328 g/mol. The summed E-state index contributed by atoms with van der Waals surface area (Å²) in [7, 11) is 3.32. The van der Waals surface area contributed by atoms with E-state index in [0.29, 0.717) is 6.42 Å². The van der Waals surface area contributed by atoms with Gasteiger partial charge in [0.2, 0.25) is 5.91 Å². The van der Waals surface area contributed by atoms with E-state index in [1.54, 1.807) is 19.2 Å². The summed E-state index contributed by atoms with van der Waals surface area (Å²) in [6, 6.07) is 13.7. The Balaban J connectivity index is 1.98. The molecule has 26 heavy (non-hydrogen) atoms. The Hall–Kier alpha value is -2.82. The Kier molecular flexibility index (Phi) is 5.26. The number of carbonyl (C=O) groups excluding carboxylic acids is 1. The number of nitrogens with zero attached hydrogens (tertiary/aromatic N) is 2. The first-order valence-electron chi connectivity index (χ1n) is 8.76. The number of carbonyl (C=O) groups is 1. The Morgan fingerprint density at radius 3 is 2.54 bits per heavy atom. The van der Waals surface area contributed by atoms with E-state index in [-0.39, 0.29) is 11.9 Å². The molecule has 2 aromatic rings. The molecule has 1 atom stereocenters. The van der Waals surface area contributed by atoms with Crippen LogP contribution in [-0.2, 0) is 11.2 Å². The van der Waals surface area contributed by atoms with Gasteiger partial charge in [0.05, 0.1) is 26.0 Å². The van der Waals surface area contributed by atoms with Gasteiger partial charge >= 0.3 is 0 Å². The maximum absolute atomic E-state index is 12.2. The smallest absolute Gasteiger partial charge is 0.240 e. The lowest BCUT2D eigenvalue weighted by atomic mass is 9.96. The van der Waals surface area contributed by atoms with Crippen molar-refractivity contribution in [2.45, 2.75) is 32.7 Å². The molecule has 136 valence electrons. The number of methoxy groups -OCH3 is 2. The second kappa shape index (κ2) is 7.60. The van der Waals surface area contributed by atoms with Crippen LogP contribution in [0.25, 0.3) is 0 Å². The molecule has 0 N–H and O–H groups in total. The zero-order chi connectivity index (χ0) is 18.7. The summed E-state index contributed by atoms with van der Waals surface area (Å²) in [4.78, 5) is 12.2. The van der Waals surface area contributed by atoms with Crippen molar-refractivity contribution >= 4 is 11.6 Å². The van der Waals surface area contributed by atoms with Crippen molar-refractivity contribution in [3.63, 3.8) is 0 Å². The molecule has 1 unspecified atom stereocenters. The number of rotatable bonds is 5. The zero-order valence-electron chi connectivity index (χ0n) is 15.7. The number of amides is 1. The largest absolute Gasteiger partial charge is 0.496 e. The van der Waals surface area contributed by atoms with Crippen molar-refractivity contribution in [2.24, 2.45) is 5.10 Å². The molecule has 5 heteroatoms. The number of para-hydroxylation sites is 1. The third-order valence-electron chi connectivity index (χ3n) is 4.73. The zero-order valence-corrected chi connectivity index (χ0v) is 15.7. The third kappa shape index (κ3) is 3.29. The molecule has 0 radical (unpaired) electrons. The second-order valence-electron chi connectivity index (χ2n) is 6.25. The maximum Gasteiger partial charge on any atom is 0.240 e. The van der Waals surface area contributed by atoms with Gasteiger partial charge in [0.15, 0.2) is 0 Å². The van der Waals surface area contributed by atoms with E-state index in [9.17, 15) is 4.79 Å². The standard InChI is InChI=1S/C21H24N2O3/c1-5-15-10-11-16(12-21(15)26-4)18-13-19(23(22-18)14(2)24)17-8-6-7-9-20(17)25-3/h6-12,19H,5,13H2,1-4H3. The van der Waals surface area contributed by atoms with Crippen LogP contribution in [0.15, 0.2) is 47.6 Å². The minimum atomic E-state index is -0.171. The van der Waals surface area contributed by atoms with Gasteiger partial charge in [0.25, 0.3) is 0 Å². The number of hydrogen-bond acceptors (Lipinski definition) is 4. The molecule has 0 aliphatic carbocycles. The Labute approximate surface area is 154 Å². The van der Waals surface area contributed by atoms with Gasteiger partial charge in [-0.2, -0.15) is 5.10 Å². The lowest BCUT2D eigenvalue weighted by molar-refractivity contribution is -0.130. The van der Waals surface area contributed by atoms with Crippen LogP contribution in [0.4, 0.5) is 0 Å². The molecular formula is C21H24N2O3. The van der Waals surface area contributed by atoms with Crippen molar-refractivity contribution in [1.82, 2.24) is 5.01 Å². The minimum Gasteiger partial charge on any atom is -0.496 e. The van der Waals surface area contributed by atoms with Crippen LogP contribution in [0.2, 0.25) is 0 Å². The van der Waals surface area contributed by atoms with Gasteiger partial charge in [0, 0.05) is 24.5 Å². The SMILES string of the molecule is CCc1ccc(C2=NN(C(C)=O)C(c3ccccc3OC)C2)cc1OC. The topological polar surface area (TPSA) is 51.1 Å². The fourth-order valence-electron chi connectivity index (χ4n) is 3.38. The Bertz CT molecular complexity index is 845. The predicted molar refractivity (Wildman–Crippen MR) is 102 cm³/mol. The van der Waals surface area contributed by atoms with Gasteiger partial charge in [-0.15, -0.1) is 0 Å². The molecule has 0 bridgehead atoms. The highest BCUT2D eigenvalue weighted by Crippen LogP contribution is 2.37. The van der Waals surface area contributed by atoms with Crippen LogP contribution in [-0.4, -0.2) is 30.8 Å². The van der Waals surface area contributed by atoms with Gasteiger partial charge in [0.1, 0.15) is 11.5 Å². The van der Waals surface area contributed by atoms with Gasteiger partial charge in [-0.25, -0.2) is 5.01 Å². The second-order valence-corrected chi connectivity index (χ2v) is 6.25. The summed E-state index contributed by atoms with van der Waals surface area (Å²) in [5, 5.41) is 6.16. The molecule has 3 rings (SSSR count). The quantitative estimate of drug-likeness (QED) is 0.818. The lowest BCUT2D eigenvalue weighted by Gasteiger charge is -2.22. The Morgan fingerprint density at radius 1 is 1.15 bits per heavy atom. The van der Waals surface area contributed by atoms with Gasteiger partial charge in [-0.05, 0) is 24.1 Å². The number of hydrazone groups is 1. The van der Waals surface area contributed by atoms with Crippen molar-refractivity contribution in [1.29, 1.82) is 0 Å². The van der Waals surface area contributed by atoms with Crippen molar-refractivity contribution in [2.75, 3.05) is 14.2 Å². The fourth-order valence-corrected chi connectivity index (χ4v) is 3.38. The minimum absolute atomic E-state index is 0.0898. The van der Waals surface area contributed by atoms with E-state index in [1.165, 1.54) is 6.92 Å². The summed E-state index contributed by atoms with van der Waals surface area (Å²) in [6.07, 6.45) is 1.54. The molecule has 1 aliphatic heterocycles. The molecule has 0 spiro atoms. The summed E-state index contributed by atoms with van der Waals surface area (Å²) < 4.78 is 11.0. The Morgan fingerprint density at radius 2 is 1.88 bits per heavy atom. The average molecular weight is 352 g/mol. The summed E-state index contributed by atoms with van der Waals surface area (Å²) in [5.74, 6) is 1.52. The highest BCUT2D eigenvalue weighted by atomic mass is 16.5. The average Bonchev–Trinajstić information content (AvgIpc) is 3.13. The highest BCUT2D eigenvalue weighted by molar-refractivity contribution is 6.03. The first kappa shape index (κ1) is 18.0. The van der Waals surface area contributed by atoms with Crippen LogP contribution in [0.5, 0.6) is 11.5 Å². The van der Waals surface area contributed by atoms with E-state index in [0.717, 1.165) is 40.3 Å². The normalized spacial score (nSPS) is 16.4. The van der Waals surface area contributed by atoms with Crippen molar-refractivity contribution in [3.8, 4) is 11.5 Å². The van der Waals surface area contributed by atoms with Crippen molar-refractivity contribution in [3.05, 3.63) is 59.2 Å². The third-order valence-corrected chi connectivity index (χ3v) is 4.73. The number of aryl methyl sites for hydroxylation is 1. The molecule has 0 aromatic heterocycles. The fraction of sp³-hybridized carbons (Fsp3) is 0.333. The summed E-state index contributed by atoms with van der Waals surface area (Å²) in [5.41, 5.74) is 3.96. The summed E-state index contributed by atoms with van der Waals surface area (Å²) >= 11 is 0. The van der Waals surface area contributed by atoms with E-state index >= 15 is 0 Å². The van der Waals surface area contributed by atoms with E-state index in [2.05, 4.69) is 18.1 Å². The maximum atomic E-state index is 12.2. The van der Waals surface area contributed by atoms with E-state index in [4.69, 9.17) is 9.47 Å². The predicted octanol–water partition coefficient (Wildman–Crippen LogP) is 3.96. The van der Waals surface area contributed by atoms with Gasteiger partial charge in [-0.1, -0.05) is 37.3 Å².